The number of hydrogen-bond donors (Lipinski definition) is 4. The molecule has 0 aliphatic rings. The lowest BCUT2D eigenvalue weighted by atomic mass is 10.1. The number of carbonyl (C=O) groups is 2. The second kappa shape index (κ2) is 11.7. The smallest absolute Gasteiger partial charge is 0.254 e. The van der Waals surface area contributed by atoms with Crippen molar-refractivity contribution in [2.45, 2.75) is 6.42 Å². The third-order valence-corrected chi connectivity index (χ3v) is 5.45. The van der Waals surface area contributed by atoms with E-state index >= 15 is 0 Å². The van der Waals surface area contributed by atoms with Crippen LogP contribution < -0.4 is 26.0 Å². The van der Waals surface area contributed by atoms with Crippen molar-refractivity contribution in [2.75, 3.05) is 31.8 Å². The number of hydrogen-bond acceptors (Lipinski definition) is 9. The Hall–Kier alpha value is -5.13. The molecule has 0 unspecified atom stereocenters. The lowest BCUT2D eigenvalue weighted by molar-refractivity contribution is -0.119. The molecule has 3 aromatic heterocycles. The Bertz CT molecular complexity index is 1450. The number of nitrogens with one attached hydrogen (secondary N) is 4. The normalized spacial score (nSPS) is 10.4. The van der Waals surface area contributed by atoms with Gasteiger partial charge >= 0.3 is 0 Å². The maximum absolute atomic E-state index is 13.3. The van der Waals surface area contributed by atoms with Crippen molar-refractivity contribution in [3.05, 3.63) is 78.1 Å². The van der Waals surface area contributed by atoms with Crippen LogP contribution in [0, 0.1) is 5.82 Å². The Morgan fingerprint density at radius 2 is 1.63 bits per heavy atom. The molecule has 194 valence electrons. The average molecular weight is 517 g/mol. The minimum Gasteiger partial charge on any atom is -0.494 e. The number of benzene rings is 1. The molecule has 0 atom stereocenters. The number of pyridine rings is 2. The van der Waals surface area contributed by atoms with E-state index in [2.05, 4.69) is 41.2 Å². The summed E-state index contributed by atoms with van der Waals surface area (Å²) < 4.78 is 19.0. The SMILES string of the molecule is CNC(=O)Cc1ccc(Nc2cc(Nc3cccc(-c4ncc(F)cn4)c3OC)c(C(=O)NC)cn2)nc1. The lowest BCUT2D eigenvalue weighted by Gasteiger charge is -2.17. The molecule has 12 heteroatoms. The van der Waals surface area contributed by atoms with Gasteiger partial charge in [0.25, 0.3) is 5.91 Å². The molecule has 0 bridgehead atoms. The van der Waals surface area contributed by atoms with Crippen LogP contribution in [0.25, 0.3) is 11.4 Å². The summed E-state index contributed by atoms with van der Waals surface area (Å²) in [5, 5.41) is 11.5. The van der Waals surface area contributed by atoms with Crippen LogP contribution in [-0.4, -0.2) is 53.0 Å². The van der Waals surface area contributed by atoms with E-state index in [1.54, 1.807) is 49.6 Å². The molecule has 4 aromatic rings. The summed E-state index contributed by atoms with van der Waals surface area (Å²) in [5.41, 5.74) is 2.55. The van der Waals surface area contributed by atoms with Crippen LogP contribution in [-0.2, 0) is 11.2 Å². The Balaban J connectivity index is 1.65. The molecule has 4 N–H and O–H groups in total. The van der Waals surface area contributed by atoms with E-state index in [1.165, 1.54) is 20.4 Å². The zero-order chi connectivity index (χ0) is 27.1. The standard InChI is InChI=1S/C26H25FN8O3/c1-28-23(36)9-15-7-8-21(30-11-15)35-22-10-20(18(14-31-22)26(37)29-2)34-19-6-4-5-17(24(19)38-3)25-32-12-16(27)13-33-25/h4-8,10-14H,9H2,1-3H3,(H,28,36)(H,29,37)(H2,30,31,34,35). The highest BCUT2D eigenvalue weighted by Crippen LogP contribution is 2.37. The number of likely N-dealkylation sites (N-methyl/N-ethyl adjacent to an activating group) is 1. The summed E-state index contributed by atoms with van der Waals surface area (Å²) in [4.78, 5) is 40.9. The molecule has 4 rings (SSSR count). The zero-order valence-corrected chi connectivity index (χ0v) is 20.9. The Labute approximate surface area is 217 Å². The molecule has 3 heterocycles. The zero-order valence-electron chi connectivity index (χ0n) is 20.9. The number of methoxy groups -OCH3 is 1. The van der Waals surface area contributed by atoms with Crippen molar-refractivity contribution in [3.63, 3.8) is 0 Å². The van der Waals surface area contributed by atoms with Crippen LogP contribution in [0.3, 0.4) is 0 Å². The van der Waals surface area contributed by atoms with E-state index in [0.717, 1.165) is 18.0 Å². The molecule has 0 spiro atoms. The van der Waals surface area contributed by atoms with E-state index < -0.39 is 5.82 Å². The number of anilines is 4. The van der Waals surface area contributed by atoms with E-state index in [-0.39, 0.29) is 29.6 Å². The van der Waals surface area contributed by atoms with Crippen LogP contribution in [0.4, 0.5) is 27.4 Å². The molecule has 0 fully saturated rings. The van der Waals surface area contributed by atoms with Gasteiger partial charge in [0, 0.05) is 32.6 Å². The van der Waals surface area contributed by atoms with Crippen molar-refractivity contribution < 1.29 is 18.7 Å². The molecule has 0 saturated heterocycles. The highest BCUT2D eigenvalue weighted by atomic mass is 19.1. The first-order chi connectivity index (χ1) is 18.4. The number of carbonyl (C=O) groups excluding carboxylic acids is 2. The van der Waals surface area contributed by atoms with Crippen LogP contribution in [0.1, 0.15) is 15.9 Å². The molecule has 2 amide bonds. The summed E-state index contributed by atoms with van der Waals surface area (Å²) in [6, 6.07) is 10.4. The van der Waals surface area contributed by atoms with Gasteiger partial charge in [-0.2, -0.15) is 0 Å². The van der Waals surface area contributed by atoms with Crippen LogP contribution >= 0.6 is 0 Å². The first-order valence-electron chi connectivity index (χ1n) is 11.5. The second-order valence-corrected chi connectivity index (χ2v) is 7.96. The quantitative estimate of drug-likeness (QED) is 0.264. The van der Waals surface area contributed by atoms with Gasteiger partial charge in [0.1, 0.15) is 11.6 Å². The topological polar surface area (TPSA) is 143 Å². The molecule has 11 nitrogen and oxygen atoms in total. The summed E-state index contributed by atoms with van der Waals surface area (Å²) in [5.74, 6) is 0.599. The van der Waals surface area contributed by atoms with Crippen molar-refractivity contribution in [1.29, 1.82) is 0 Å². The van der Waals surface area contributed by atoms with Crippen LogP contribution in [0.2, 0.25) is 0 Å². The average Bonchev–Trinajstić information content (AvgIpc) is 2.94. The molecule has 0 aliphatic carbocycles. The monoisotopic (exact) mass is 516 g/mol. The summed E-state index contributed by atoms with van der Waals surface area (Å²) in [7, 11) is 4.59. The summed E-state index contributed by atoms with van der Waals surface area (Å²) in [6.45, 7) is 0. The fraction of sp³-hybridized carbons (Fsp3) is 0.154. The van der Waals surface area contributed by atoms with E-state index in [9.17, 15) is 14.0 Å². The maximum Gasteiger partial charge on any atom is 0.254 e. The van der Waals surface area contributed by atoms with Crippen LogP contribution in [0.5, 0.6) is 5.75 Å². The predicted molar refractivity (Wildman–Crippen MR) is 140 cm³/mol. The summed E-state index contributed by atoms with van der Waals surface area (Å²) >= 11 is 0. The Morgan fingerprint density at radius 1 is 0.868 bits per heavy atom. The fourth-order valence-corrected chi connectivity index (χ4v) is 3.58. The predicted octanol–water partition coefficient (Wildman–Crippen LogP) is 3.22. The molecule has 1 aromatic carbocycles. The van der Waals surface area contributed by atoms with Gasteiger partial charge in [-0.25, -0.2) is 24.3 Å². The van der Waals surface area contributed by atoms with Crippen molar-refractivity contribution >= 4 is 34.8 Å². The number of nitrogens with zero attached hydrogens (tertiary/aromatic N) is 4. The minimum absolute atomic E-state index is 0.111. The lowest BCUT2D eigenvalue weighted by Crippen LogP contribution is -2.20. The first kappa shape index (κ1) is 25.9. The van der Waals surface area contributed by atoms with Gasteiger partial charge in [-0.3, -0.25) is 9.59 Å². The first-order valence-corrected chi connectivity index (χ1v) is 11.5. The number of amides is 2. The highest BCUT2D eigenvalue weighted by molar-refractivity contribution is 6.00. The minimum atomic E-state index is -0.551. The van der Waals surface area contributed by atoms with Gasteiger partial charge in [-0.1, -0.05) is 12.1 Å². The third kappa shape index (κ3) is 5.98. The molecule has 38 heavy (non-hydrogen) atoms. The molecule has 0 radical (unpaired) electrons. The number of para-hydroxylation sites is 1. The largest absolute Gasteiger partial charge is 0.494 e. The van der Waals surface area contributed by atoms with Gasteiger partial charge in [-0.05, 0) is 23.8 Å². The Kier molecular flexibility index (Phi) is 8.01. The van der Waals surface area contributed by atoms with Gasteiger partial charge in [0.15, 0.2) is 17.4 Å². The summed E-state index contributed by atoms with van der Waals surface area (Å²) in [6.07, 6.45) is 5.41. The maximum atomic E-state index is 13.3. The molecule has 0 saturated carbocycles. The molecular formula is C26H25FN8O3. The number of rotatable bonds is 9. The van der Waals surface area contributed by atoms with E-state index in [0.29, 0.717) is 34.3 Å². The molecular weight excluding hydrogens is 491 g/mol. The van der Waals surface area contributed by atoms with Gasteiger partial charge < -0.3 is 26.0 Å². The van der Waals surface area contributed by atoms with Crippen LogP contribution in [0.15, 0.2) is 61.2 Å². The van der Waals surface area contributed by atoms with E-state index in [1.807, 2.05) is 0 Å². The van der Waals surface area contributed by atoms with Crippen molar-refractivity contribution in [2.24, 2.45) is 0 Å². The number of halogens is 1. The van der Waals surface area contributed by atoms with Crippen molar-refractivity contribution in [1.82, 2.24) is 30.6 Å². The molecule has 0 aliphatic heterocycles. The number of aromatic nitrogens is 4. The third-order valence-electron chi connectivity index (χ3n) is 5.45. The van der Waals surface area contributed by atoms with Crippen molar-refractivity contribution in [3.8, 4) is 17.1 Å². The highest BCUT2D eigenvalue weighted by Gasteiger charge is 2.17. The van der Waals surface area contributed by atoms with Gasteiger partial charge in [-0.15, -0.1) is 0 Å². The number of ether oxygens (including phenoxy) is 1. The van der Waals surface area contributed by atoms with Gasteiger partial charge in [0.2, 0.25) is 5.91 Å². The Morgan fingerprint density at radius 3 is 2.29 bits per heavy atom. The second-order valence-electron chi connectivity index (χ2n) is 7.96. The fourth-order valence-electron chi connectivity index (χ4n) is 3.58. The van der Waals surface area contributed by atoms with E-state index in [4.69, 9.17) is 4.74 Å². The van der Waals surface area contributed by atoms with Gasteiger partial charge in [0.05, 0.1) is 48.4 Å².